The Morgan fingerprint density at radius 2 is 2.00 bits per heavy atom. The van der Waals surface area contributed by atoms with Crippen molar-refractivity contribution in [2.24, 2.45) is 0 Å². The van der Waals surface area contributed by atoms with Gasteiger partial charge in [-0.15, -0.1) is 0 Å². The smallest absolute Gasteiger partial charge is 0.251 e. The summed E-state index contributed by atoms with van der Waals surface area (Å²) in [6, 6.07) is 14.8. The molecule has 0 spiro atoms. The first-order valence-electron chi connectivity index (χ1n) is 6.73. The fraction of sp³-hybridized carbons (Fsp3) is 0.118. The lowest BCUT2D eigenvalue weighted by Gasteiger charge is -2.05. The zero-order valence-electron chi connectivity index (χ0n) is 11.3. The minimum atomic E-state index is -0.120. The zero-order valence-corrected chi connectivity index (χ0v) is 12.1. The summed E-state index contributed by atoms with van der Waals surface area (Å²) in [5.74, 6) is -0.120. The lowest BCUT2D eigenvalue weighted by Crippen LogP contribution is -2.25. The van der Waals surface area contributed by atoms with E-state index in [0.29, 0.717) is 17.1 Å². The Balaban J connectivity index is 1.62. The summed E-state index contributed by atoms with van der Waals surface area (Å²) >= 11 is 5.88. The second-order valence-corrected chi connectivity index (χ2v) is 5.21. The molecule has 0 bridgehead atoms. The molecule has 3 nitrogen and oxygen atoms in total. The van der Waals surface area contributed by atoms with E-state index < -0.39 is 0 Å². The maximum absolute atomic E-state index is 12.0. The molecule has 3 aromatic rings. The molecule has 1 heterocycles. The SMILES string of the molecule is O=C(NCCc1coc2ccccc12)c1cccc(Cl)c1. The minimum absolute atomic E-state index is 0.120. The van der Waals surface area contributed by atoms with Crippen molar-refractivity contribution >= 4 is 28.5 Å². The summed E-state index contributed by atoms with van der Waals surface area (Å²) in [7, 11) is 0. The maximum atomic E-state index is 12.0. The molecule has 1 aromatic heterocycles. The highest BCUT2D eigenvalue weighted by molar-refractivity contribution is 6.30. The van der Waals surface area contributed by atoms with E-state index in [2.05, 4.69) is 5.32 Å². The van der Waals surface area contributed by atoms with Gasteiger partial charge in [-0.2, -0.15) is 0 Å². The first kappa shape index (κ1) is 13.7. The van der Waals surface area contributed by atoms with Crippen LogP contribution in [0.4, 0.5) is 0 Å². The molecule has 0 saturated carbocycles. The second-order valence-electron chi connectivity index (χ2n) is 4.77. The molecule has 0 radical (unpaired) electrons. The Hall–Kier alpha value is -2.26. The van der Waals surface area contributed by atoms with Crippen molar-refractivity contribution in [1.29, 1.82) is 0 Å². The van der Waals surface area contributed by atoms with Gasteiger partial charge in [-0.1, -0.05) is 35.9 Å². The van der Waals surface area contributed by atoms with E-state index >= 15 is 0 Å². The average molecular weight is 300 g/mol. The highest BCUT2D eigenvalue weighted by Crippen LogP contribution is 2.20. The number of carbonyl (C=O) groups is 1. The Bertz CT molecular complexity index is 779. The maximum Gasteiger partial charge on any atom is 0.251 e. The molecule has 2 aromatic carbocycles. The number of fused-ring (bicyclic) bond motifs is 1. The molecule has 0 fully saturated rings. The number of benzene rings is 2. The Labute approximate surface area is 127 Å². The normalized spacial score (nSPS) is 10.7. The van der Waals surface area contributed by atoms with Crippen molar-refractivity contribution < 1.29 is 9.21 Å². The number of hydrogen-bond donors (Lipinski definition) is 1. The third-order valence-corrected chi connectivity index (χ3v) is 3.56. The van der Waals surface area contributed by atoms with Gasteiger partial charge in [0.25, 0.3) is 5.91 Å². The van der Waals surface area contributed by atoms with Gasteiger partial charge in [-0.3, -0.25) is 4.79 Å². The average Bonchev–Trinajstić information content (AvgIpc) is 2.91. The third kappa shape index (κ3) is 3.09. The molecule has 0 aliphatic rings. The molecular formula is C17H14ClNO2. The molecule has 0 aliphatic heterocycles. The quantitative estimate of drug-likeness (QED) is 0.789. The molecule has 21 heavy (non-hydrogen) atoms. The van der Waals surface area contributed by atoms with Crippen LogP contribution in [0.2, 0.25) is 5.02 Å². The number of amides is 1. The molecule has 0 aliphatic carbocycles. The number of hydrogen-bond acceptors (Lipinski definition) is 2. The standard InChI is InChI=1S/C17H14ClNO2/c18-14-5-3-4-12(10-14)17(20)19-9-8-13-11-21-16-7-2-1-6-15(13)16/h1-7,10-11H,8-9H2,(H,19,20). The van der Waals surface area contributed by atoms with Gasteiger partial charge in [-0.05, 0) is 36.2 Å². The molecule has 1 amide bonds. The van der Waals surface area contributed by atoms with E-state index in [-0.39, 0.29) is 5.91 Å². The van der Waals surface area contributed by atoms with Gasteiger partial charge in [0.15, 0.2) is 0 Å². The first-order valence-corrected chi connectivity index (χ1v) is 7.11. The van der Waals surface area contributed by atoms with Crippen molar-refractivity contribution in [2.45, 2.75) is 6.42 Å². The second kappa shape index (κ2) is 6.02. The van der Waals surface area contributed by atoms with Crippen LogP contribution in [-0.4, -0.2) is 12.5 Å². The van der Waals surface area contributed by atoms with E-state index in [1.807, 2.05) is 24.3 Å². The van der Waals surface area contributed by atoms with Crippen molar-refractivity contribution in [3.05, 3.63) is 70.9 Å². The van der Waals surface area contributed by atoms with Crippen LogP contribution >= 0.6 is 11.6 Å². The summed E-state index contributed by atoms with van der Waals surface area (Å²) in [6.07, 6.45) is 2.47. The number of para-hydroxylation sites is 1. The van der Waals surface area contributed by atoms with E-state index in [1.54, 1.807) is 30.5 Å². The summed E-state index contributed by atoms with van der Waals surface area (Å²) in [4.78, 5) is 12.0. The molecule has 0 unspecified atom stereocenters. The summed E-state index contributed by atoms with van der Waals surface area (Å²) in [6.45, 7) is 0.550. The van der Waals surface area contributed by atoms with Gasteiger partial charge in [-0.25, -0.2) is 0 Å². The van der Waals surface area contributed by atoms with Crippen LogP contribution in [0.5, 0.6) is 0 Å². The third-order valence-electron chi connectivity index (χ3n) is 3.33. The summed E-state index contributed by atoms with van der Waals surface area (Å²) in [5, 5.41) is 4.54. The fourth-order valence-electron chi connectivity index (χ4n) is 2.27. The van der Waals surface area contributed by atoms with Gasteiger partial charge in [0, 0.05) is 22.5 Å². The predicted octanol–water partition coefficient (Wildman–Crippen LogP) is 4.06. The number of rotatable bonds is 4. The Morgan fingerprint density at radius 3 is 2.86 bits per heavy atom. The van der Waals surface area contributed by atoms with Gasteiger partial charge in [0.05, 0.1) is 6.26 Å². The van der Waals surface area contributed by atoms with Crippen LogP contribution in [0.3, 0.4) is 0 Å². The molecule has 1 N–H and O–H groups in total. The highest BCUT2D eigenvalue weighted by atomic mass is 35.5. The predicted molar refractivity (Wildman–Crippen MR) is 83.7 cm³/mol. The molecule has 0 saturated heterocycles. The van der Waals surface area contributed by atoms with Crippen LogP contribution in [0.15, 0.2) is 59.2 Å². The number of nitrogens with one attached hydrogen (secondary N) is 1. The van der Waals surface area contributed by atoms with E-state index in [0.717, 1.165) is 23.0 Å². The highest BCUT2D eigenvalue weighted by Gasteiger charge is 2.07. The van der Waals surface area contributed by atoms with Crippen molar-refractivity contribution in [1.82, 2.24) is 5.32 Å². The fourth-order valence-corrected chi connectivity index (χ4v) is 2.46. The summed E-state index contributed by atoms with van der Waals surface area (Å²) < 4.78 is 5.48. The minimum Gasteiger partial charge on any atom is -0.464 e. The molecule has 0 atom stereocenters. The van der Waals surface area contributed by atoms with Crippen LogP contribution in [0, 0.1) is 0 Å². The van der Waals surface area contributed by atoms with Crippen molar-refractivity contribution in [3.63, 3.8) is 0 Å². The van der Waals surface area contributed by atoms with Crippen LogP contribution in [0.25, 0.3) is 11.0 Å². The van der Waals surface area contributed by atoms with Gasteiger partial charge in [0.1, 0.15) is 5.58 Å². The van der Waals surface area contributed by atoms with Gasteiger partial charge >= 0.3 is 0 Å². The van der Waals surface area contributed by atoms with Gasteiger partial charge in [0.2, 0.25) is 0 Å². The largest absolute Gasteiger partial charge is 0.464 e. The Morgan fingerprint density at radius 1 is 1.14 bits per heavy atom. The van der Waals surface area contributed by atoms with Crippen molar-refractivity contribution in [2.75, 3.05) is 6.54 Å². The lowest BCUT2D eigenvalue weighted by atomic mass is 10.1. The monoisotopic (exact) mass is 299 g/mol. The zero-order chi connectivity index (χ0) is 14.7. The number of furan rings is 1. The topological polar surface area (TPSA) is 42.2 Å². The molecule has 3 rings (SSSR count). The van der Waals surface area contributed by atoms with E-state index in [1.165, 1.54) is 0 Å². The van der Waals surface area contributed by atoms with E-state index in [9.17, 15) is 4.79 Å². The van der Waals surface area contributed by atoms with Crippen LogP contribution in [-0.2, 0) is 6.42 Å². The molecule has 106 valence electrons. The first-order chi connectivity index (χ1) is 10.2. The molecule has 4 heteroatoms. The Kier molecular flexibility index (Phi) is 3.93. The van der Waals surface area contributed by atoms with Gasteiger partial charge < -0.3 is 9.73 Å². The van der Waals surface area contributed by atoms with Crippen LogP contribution < -0.4 is 5.32 Å². The van der Waals surface area contributed by atoms with Crippen molar-refractivity contribution in [3.8, 4) is 0 Å². The van der Waals surface area contributed by atoms with E-state index in [4.69, 9.17) is 16.0 Å². The molecular weight excluding hydrogens is 286 g/mol. The number of halogens is 1. The van der Waals surface area contributed by atoms with Crippen LogP contribution in [0.1, 0.15) is 15.9 Å². The number of carbonyl (C=O) groups excluding carboxylic acids is 1. The summed E-state index contributed by atoms with van der Waals surface area (Å²) in [5.41, 5.74) is 2.53. The lowest BCUT2D eigenvalue weighted by molar-refractivity contribution is 0.0954.